The van der Waals surface area contributed by atoms with Crippen LogP contribution in [0.1, 0.15) is 0 Å². The molecule has 0 aliphatic carbocycles. The number of rotatable bonds is 4. The van der Waals surface area contributed by atoms with Crippen LogP contribution in [0.5, 0.6) is 5.75 Å². The van der Waals surface area contributed by atoms with E-state index in [1.54, 1.807) is 7.11 Å². The summed E-state index contributed by atoms with van der Waals surface area (Å²) in [6, 6.07) is 19.0. The minimum atomic E-state index is 0.359. The van der Waals surface area contributed by atoms with Gasteiger partial charge in [0.1, 0.15) is 5.75 Å². The third kappa shape index (κ3) is 2.30. The Kier molecular flexibility index (Phi) is 2.93. The third-order valence-corrected chi connectivity index (χ3v) is 3.98. The van der Waals surface area contributed by atoms with Crippen molar-refractivity contribution in [2.75, 3.05) is 13.7 Å². The van der Waals surface area contributed by atoms with Crippen molar-refractivity contribution in [1.82, 2.24) is 4.57 Å². The summed E-state index contributed by atoms with van der Waals surface area (Å²) in [6.45, 7) is 1.78. The number of fused-ring (bicyclic) bond motifs is 1. The average Bonchev–Trinajstić information content (AvgIpc) is 3.28. The van der Waals surface area contributed by atoms with Crippen LogP contribution in [-0.4, -0.2) is 24.4 Å². The van der Waals surface area contributed by atoms with E-state index < -0.39 is 0 Å². The molecule has 106 valence electrons. The minimum Gasteiger partial charge on any atom is -0.497 e. The predicted molar refractivity (Wildman–Crippen MR) is 83.7 cm³/mol. The Morgan fingerprint density at radius 2 is 1.90 bits per heavy atom. The van der Waals surface area contributed by atoms with E-state index in [9.17, 15) is 0 Å². The maximum Gasteiger partial charge on any atom is 0.118 e. The summed E-state index contributed by atoms with van der Waals surface area (Å²) in [5.41, 5.74) is 3.70. The van der Waals surface area contributed by atoms with Gasteiger partial charge in [-0.05, 0) is 42.0 Å². The molecule has 4 rings (SSSR count). The largest absolute Gasteiger partial charge is 0.497 e. The zero-order chi connectivity index (χ0) is 14.2. The van der Waals surface area contributed by atoms with Crippen molar-refractivity contribution >= 4 is 10.9 Å². The predicted octanol–water partition coefficient (Wildman–Crippen LogP) is 3.72. The minimum absolute atomic E-state index is 0.359. The van der Waals surface area contributed by atoms with Crippen molar-refractivity contribution in [3.05, 3.63) is 54.6 Å². The quantitative estimate of drug-likeness (QED) is 0.681. The van der Waals surface area contributed by atoms with Gasteiger partial charge < -0.3 is 14.0 Å². The van der Waals surface area contributed by atoms with Crippen LogP contribution in [0.25, 0.3) is 22.2 Å². The number of ether oxygens (including phenoxy) is 2. The molecular formula is C18H17NO2. The summed E-state index contributed by atoms with van der Waals surface area (Å²) < 4.78 is 13.0. The average molecular weight is 279 g/mol. The summed E-state index contributed by atoms with van der Waals surface area (Å²) in [4.78, 5) is 0. The van der Waals surface area contributed by atoms with E-state index in [2.05, 4.69) is 47.0 Å². The normalized spacial score (nSPS) is 17.1. The number of aromatic nitrogens is 1. The van der Waals surface area contributed by atoms with Gasteiger partial charge in [-0.15, -0.1) is 0 Å². The summed E-state index contributed by atoms with van der Waals surface area (Å²) in [6.07, 6.45) is 0.359. The molecule has 3 aromatic rings. The Bertz CT molecular complexity index is 770. The molecule has 21 heavy (non-hydrogen) atoms. The second-order valence-electron chi connectivity index (χ2n) is 5.38. The van der Waals surface area contributed by atoms with Gasteiger partial charge in [-0.3, -0.25) is 0 Å². The van der Waals surface area contributed by atoms with Gasteiger partial charge in [-0.25, -0.2) is 0 Å². The van der Waals surface area contributed by atoms with Crippen molar-refractivity contribution in [3.63, 3.8) is 0 Å². The molecule has 1 atom stereocenters. The highest BCUT2D eigenvalue weighted by molar-refractivity contribution is 5.87. The van der Waals surface area contributed by atoms with Crippen molar-refractivity contribution in [2.45, 2.75) is 12.6 Å². The van der Waals surface area contributed by atoms with E-state index in [4.69, 9.17) is 9.47 Å². The number of nitrogens with zero attached hydrogens (tertiary/aromatic N) is 1. The molecule has 1 saturated heterocycles. The Morgan fingerprint density at radius 3 is 2.62 bits per heavy atom. The molecule has 3 nitrogen and oxygen atoms in total. The van der Waals surface area contributed by atoms with E-state index >= 15 is 0 Å². The van der Waals surface area contributed by atoms with Crippen LogP contribution < -0.4 is 4.74 Å². The van der Waals surface area contributed by atoms with Crippen LogP contribution >= 0.6 is 0 Å². The molecule has 2 aromatic carbocycles. The first kappa shape index (κ1) is 12.5. The van der Waals surface area contributed by atoms with Crippen LogP contribution in [0.15, 0.2) is 54.6 Å². The highest BCUT2D eigenvalue weighted by Crippen LogP contribution is 2.31. The molecule has 0 radical (unpaired) electrons. The molecule has 0 bridgehead atoms. The summed E-state index contributed by atoms with van der Waals surface area (Å²) in [5, 5.41) is 1.27. The lowest BCUT2D eigenvalue weighted by Gasteiger charge is -2.10. The van der Waals surface area contributed by atoms with Crippen LogP contribution in [0.4, 0.5) is 0 Å². The smallest absolute Gasteiger partial charge is 0.118 e. The fourth-order valence-corrected chi connectivity index (χ4v) is 2.79. The maximum absolute atomic E-state index is 5.42. The van der Waals surface area contributed by atoms with Gasteiger partial charge in [0.15, 0.2) is 0 Å². The van der Waals surface area contributed by atoms with Gasteiger partial charge >= 0.3 is 0 Å². The van der Waals surface area contributed by atoms with Crippen molar-refractivity contribution in [1.29, 1.82) is 0 Å². The lowest BCUT2D eigenvalue weighted by atomic mass is 10.1. The molecule has 1 aliphatic heterocycles. The Labute approximate surface area is 123 Å². The van der Waals surface area contributed by atoms with Crippen LogP contribution in [0, 0.1) is 0 Å². The number of hydrogen-bond donors (Lipinski definition) is 0. The van der Waals surface area contributed by atoms with Gasteiger partial charge in [0.25, 0.3) is 0 Å². The van der Waals surface area contributed by atoms with E-state index in [0.29, 0.717) is 6.10 Å². The van der Waals surface area contributed by atoms with E-state index in [-0.39, 0.29) is 0 Å². The zero-order valence-electron chi connectivity index (χ0n) is 12.0. The lowest BCUT2D eigenvalue weighted by Crippen LogP contribution is -2.05. The molecule has 0 spiro atoms. The van der Waals surface area contributed by atoms with Crippen molar-refractivity contribution in [2.24, 2.45) is 0 Å². The zero-order valence-corrected chi connectivity index (χ0v) is 12.0. The molecule has 1 unspecified atom stereocenters. The first-order valence-corrected chi connectivity index (χ1v) is 7.19. The number of hydrogen-bond acceptors (Lipinski definition) is 2. The number of benzene rings is 2. The molecule has 0 N–H and O–H groups in total. The van der Waals surface area contributed by atoms with Crippen LogP contribution in [0.3, 0.4) is 0 Å². The van der Waals surface area contributed by atoms with E-state index in [1.807, 2.05) is 12.1 Å². The van der Waals surface area contributed by atoms with Crippen molar-refractivity contribution in [3.8, 4) is 17.0 Å². The molecule has 0 amide bonds. The Balaban J connectivity index is 1.85. The van der Waals surface area contributed by atoms with Gasteiger partial charge in [0.2, 0.25) is 0 Å². The standard InChI is InChI=1S/C18H17NO2/c1-20-15-8-6-13(7-9-15)18-10-14-4-2-3-5-17(14)19(18)11-16-12-21-16/h2-10,16H,11-12H2,1H3. The van der Waals surface area contributed by atoms with Crippen LogP contribution in [-0.2, 0) is 11.3 Å². The number of para-hydroxylation sites is 1. The van der Waals surface area contributed by atoms with Crippen molar-refractivity contribution < 1.29 is 9.47 Å². The first-order valence-electron chi connectivity index (χ1n) is 7.19. The molecule has 0 saturated carbocycles. The molecule has 3 heteroatoms. The van der Waals surface area contributed by atoms with Gasteiger partial charge in [-0.2, -0.15) is 0 Å². The van der Waals surface area contributed by atoms with Gasteiger partial charge in [0, 0.05) is 16.6 Å². The first-order chi connectivity index (χ1) is 10.3. The number of epoxide rings is 1. The Morgan fingerprint density at radius 1 is 1.14 bits per heavy atom. The Hall–Kier alpha value is -2.26. The molecule has 2 heterocycles. The second-order valence-corrected chi connectivity index (χ2v) is 5.38. The highest BCUT2D eigenvalue weighted by atomic mass is 16.6. The van der Waals surface area contributed by atoms with Gasteiger partial charge in [-0.1, -0.05) is 18.2 Å². The molecule has 1 fully saturated rings. The monoisotopic (exact) mass is 279 g/mol. The summed E-state index contributed by atoms with van der Waals surface area (Å²) >= 11 is 0. The lowest BCUT2D eigenvalue weighted by molar-refractivity contribution is 0.386. The fraction of sp³-hybridized carbons (Fsp3) is 0.222. The van der Waals surface area contributed by atoms with E-state index in [1.165, 1.54) is 22.2 Å². The topological polar surface area (TPSA) is 26.7 Å². The maximum atomic E-state index is 5.42. The molecule has 1 aromatic heterocycles. The molecule has 1 aliphatic rings. The third-order valence-electron chi connectivity index (χ3n) is 3.98. The number of methoxy groups -OCH3 is 1. The summed E-state index contributed by atoms with van der Waals surface area (Å²) in [5.74, 6) is 0.881. The second kappa shape index (κ2) is 4.93. The van der Waals surface area contributed by atoms with Crippen LogP contribution in [0.2, 0.25) is 0 Å². The SMILES string of the molecule is COc1ccc(-c2cc3ccccc3n2CC2CO2)cc1. The molecular weight excluding hydrogens is 262 g/mol. The highest BCUT2D eigenvalue weighted by Gasteiger charge is 2.25. The fourth-order valence-electron chi connectivity index (χ4n) is 2.79. The van der Waals surface area contributed by atoms with E-state index in [0.717, 1.165) is 18.9 Å². The summed E-state index contributed by atoms with van der Waals surface area (Å²) in [7, 11) is 1.69. The van der Waals surface area contributed by atoms with Gasteiger partial charge in [0.05, 0.1) is 26.4 Å².